The van der Waals surface area contributed by atoms with Crippen molar-refractivity contribution in [3.8, 4) is 5.75 Å². The maximum Gasteiger partial charge on any atom is 0.418 e. The van der Waals surface area contributed by atoms with Gasteiger partial charge < -0.3 is 10.1 Å². The van der Waals surface area contributed by atoms with E-state index in [0.717, 1.165) is 6.07 Å². The third-order valence-electron chi connectivity index (χ3n) is 2.11. The van der Waals surface area contributed by atoms with E-state index in [1.54, 1.807) is 6.08 Å². The maximum absolute atomic E-state index is 12.9. The van der Waals surface area contributed by atoms with E-state index in [1.807, 2.05) is 0 Å². The third-order valence-corrected chi connectivity index (χ3v) is 3.05. The molecular weight excluding hydrogens is 414 g/mol. The van der Waals surface area contributed by atoms with Crippen LogP contribution in [0.25, 0.3) is 0 Å². The first-order valence-corrected chi connectivity index (χ1v) is 6.94. The summed E-state index contributed by atoms with van der Waals surface area (Å²) < 4.78 is 44.4. The molecule has 0 aliphatic heterocycles. The zero-order chi connectivity index (χ0) is 14.6. The highest BCUT2D eigenvalue weighted by atomic mass is 79.9. The maximum atomic E-state index is 12.9. The number of hydrogen-bond acceptors (Lipinski definition) is 2. The van der Waals surface area contributed by atoms with Crippen LogP contribution in [-0.4, -0.2) is 13.7 Å². The number of rotatable bonds is 4. The minimum Gasteiger partial charge on any atom is -0.489 e. The number of benzene rings is 1. The van der Waals surface area contributed by atoms with Crippen molar-refractivity contribution in [3.63, 3.8) is 0 Å². The normalized spacial score (nSPS) is 11.1. The molecule has 0 atom stereocenters. The molecular formula is C11H9Br2ClF3NO. The zero-order valence-corrected chi connectivity index (χ0v) is 13.5. The van der Waals surface area contributed by atoms with Crippen LogP contribution in [0, 0.1) is 0 Å². The van der Waals surface area contributed by atoms with Gasteiger partial charge in [-0.25, -0.2) is 0 Å². The zero-order valence-electron chi connectivity index (χ0n) is 9.62. The van der Waals surface area contributed by atoms with Crippen molar-refractivity contribution in [2.45, 2.75) is 6.18 Å². The summed E-state index contributed by atoms with van der Waals surface area (Å²) in [6.45, 7) is 0.109. The van der Waals surface area contributed by atoms with Gasteiger partial charge in [-0.05, 0) is 44.0 Å². The molecule has 0 bridgehead atoms. The summed E-state index contributed by atoms with van der Waals surface area (Å²) in [5, 5.41) is 2.39. The summed E-state index contributed by atoms with van der Waals surface area (Å²) in [6.07, 6.45) is -2.90. The number of halogens is 6. The fraction of sp³-hybridized carbons (Fsp3) is 0.273. The Hall–Kier alpha value is -0.400. The van der Waals surface area contributed by atoms with Crippen LogP contribution in [0.5, 0.6) is 5.75 Å². The van der Waals surface area contributed by atoms with Gasteiger partial charge in [-0.1, -0.05) is 11.6 Å². The van der Waals surface area contributed by atoms with Gasteiger partial charge in [0.1, 0.15) is 12.4 Å². The van der Waals surface area contributed by atoms with Gasteiger partial charge in [-0.15, -0.1) is 0 Å². The van der Waals surface area contributed by atoms with Gasteiger partial charge in [0.05, 0.1) is 19.7 Å². The Morgan fingerprint density at radius 1 is 1.42 bits per heavy atom. The van der Waals surface area contributed by atoms with Gasteiger partial charge >= 0.3 is 6.18 Å². The SMILES string of the molecule is CNc1c(Cl)cc(OCC=C(Br)Br)cc1C(F)(F)F. The molecule has 0 amide bonds. The van der Waals surface area contributed by atoms with Crippen LogP contribution >= 0.6 is 43.5 Å². The van der Waals surface area contributed by atoms with E-state index in [9.17, 15) is 13.2 Å². The highest BCUT2D eigenvalue weighted by Crippen LogP contribution is 2.41. The fourth-order valence-corrected chi connectivity index (χ4v) is 1.91. The molecule has 0 heterocycles. The molecule has 1 N–H and O–H groups in total. The van der Waals surface area contributed by atoms with Crippen LogP contribution in [0.4, 0.5) is 18.9 Å². The Bertz CT molecular complexity index is 488. The molecule has 0 unspecified atom stereocenters. The van der Waals surface area contributed by atoms with E-state index < -0.39 is 11.7 Å². The Morgan fingerprint density at radius 3 is 2.53 bits per heavy atom. The summed E-state index contributed by atoms with van der Waals surface area (Å²) in [5.41, 5.74) is -1.03. The minimum absolute atomic E-state index is 0.0470. The van der Waals surface area contributed by atoms with Crippen molar-refractivity contribution >= 4 is 49.1 Å². The molecule has 0 radical (unpaired) electrons. The van der Waals surface area contributed by atoms with Crippen LogP contribution < -0.4 is 10.1 Å². The molecule has 1 aromatic rings. The average Bonchev–Trinajstić information content (AvgIpc) is 2.26. The second-order valence-electron chi connectivity index (χ2n) is 3.38. The molecule has 0 saturated heterocycles. The van der Waals surface area contributed by atoms with E-state index in [4.69, 9.17) is 16.3 Å². The van der Waals surface area contributed by atoms with Crippen molar-refractivity contribution in [1.82, 2.24) is 0 Å². The van der Waals surface area contributed by atoms with E-state index >= 15 is 0 Å². The third kappa shape index (κ3) is 4.89. The Balaban J connectivity index is 3.10. The lowest BCUT2D eigenvalue weighted by Gasteiger charge is -2.16. The number of anilines is 1. The molecule has 0 aromatic heterocycles. The highest BCUT2D eigenvalue weighted by Gasteiger charge is 2.35. The van der Waals surface area contributed by atoms with Gasteiger partial charge in [-0.2, -0.15) is 13.2 Å². The summed E-state index contributed by atoms with van der Waals surface area (Å²) in [7, 11) is 1.38. The molecule has 0 aliphatic carbocycles. The predicted molar refractivity (Wildman–Crippen MR) is 77.4 cm³/mol. The van der Waals surface area contributed by atoms with Crippen molar-refractivity contribution in [3.05, 3.63) is 32.2 Å². The van der Waals surface area contributed by atoms with Crippen molar-refractivity contribution in [2.75, 3.05) is 19.0 Å². The van der Waals surface area contributed by atoms with E-state index in [2.05, 4.69) is 37.2 Å². The van der Waals surface area contributed by atoms with Crippen LogP contribution in [0.15, 0.2) is 21.6 Å². The lowest BCUT2D eigenvalue weighted by atomic mass is 10.1. The van der Waals surface area contributed by atoms with Gasteiger partial charge in [0.15, 0.2) is 0 Å². The molecule has 1 aromatic carbocycles. The number of ether oxygens (including phenoxy) is 1. The number of alkyl halides is 3. The average molecular weight is 423 g/mol. The van der Waals surface area contributed by atoms with Gasteiger partial charge in [0, 0.05) is 13.1 Å². The highest BCUT2D eigenvalue weighted by molar-refractivity contribution is 9.28. The van der Waals surface area contributed by atoms with E-state index in [1.165, 1.54) is 13.1 Å². The van der Waals surface area contributed by atoms with Crippen molar-refractivity contribution in [1.29, 1.82) is 0 Å². The smallest absolute Gasteiger partial charge is 0.418 e. The monoisotopic (exact) mass is 421 g/mol. The topological polar surface area (TPSA) is 21.3 Å². The van der Waals surface area contributed by atoms with Crippen LogP contribution in [0.1, 0.15) is 5.56 Å². The lowest BCUT2D eigenvalue weighted by Crippen LogP contribution is -2.10. The first kappa shape index (κ1) is 16.7. The lowest BCUT2D eigenvalue weighted by molar-refractivity contribution is -0.137. The molecule has 0 fully saturated rings. The summed E-state index contributed by atoms with van der Waals surface area (Å²) in [5.74, 6) is 0.0498. The van der Waals surface area contributed by atoms with Crippen molar-refractivity contribution < 1.29 is 17.9 Å². The predicted octanol–water partition coefficient (Wildman–Crippen LogP) is 5.41. The minimum atomic E-state index is -4.51. The van der Waals surface area contributed by atoms with Gasteiger partial charge in [0.2, 0.25) is 0 Å². The number of nitrogens with one attached hydrogen (secondary N) is 1. The van der Waals surface area contributed by atoms with Gasteiger partial charge in [0.25, 0.3) is 0 Å². The quantitative estimate of drug-likeness (QED) is 0.699. The standard InChI is InChI=1S/C11H9Br2ClF3NO/c1-18-10-7(11(15,16)17)4-6(5-8(10)14)19-3-2-9(12)13/h2,4-5,18H,3H2,1H3. The first-order chi connectivity index (χ1) is 8.75. The summed E-state index contributed by atoms with van der Waals surface area (Å²) in [6, 6.07) is 2.24. The molecule has 106 valence electrons. The fourth-order valence-electron chi connectivity index (χ4n) is 1.34. The van der Waals surface area contributed by atoms with E-state index in [-0.39, 0.29) is 23.1 Å². The summed E-state index contributed by atoms with van der Waals surface area (Å²) >= 11 is 12.0. The number of hydrogen-bond donors (Lipinski definition) is 1. The summed E-state index contributed by atoms with van der Waals surface area (Å²) in [4.78, 5) is 0. The molecule has 0 aliphatic rings. The first-order valence-electron chi connectivity index (χ1n) is 4.98. The van der Waals surface area contributed by atoms with E-state index in [0.29, 0.717) is 3.39 Å². The van der Waals surface area contributed by atoms with Crippen LogP contribution in [0.3, 0.4) is 0 Å². The molecule has 19 heavy (non-hydrogen) atoms. The largest absolute Gasteiger partial charge is 0.489 e. The molecule has 8 heteroatoms. The molecule has 2 nitrogen and oxygen atoms in total. The van der Waals surface area contributed by atoms with Crippen LogP contribution in [-0.2, 0) is 6.18 Å². The Kier molecular flexibility index (Phi) is 6.01. The molecule has 1 rings (SSSR count). The van der Waals surface area contributed by atoms with Gasteiger partial charge in [-0.3, -0.25) is 0 Å². The molecule has 0 saturated carbocycles. The molecule has 0 spiro atoms. The second kappa shape index (κ2) is 6.85. The van der Waals surface area contributed by atoms with Crippen molar-refractivity contribution in [2.24, 2.45) is 0 Å². The van der Waals surface area contributed by atoms with Crippen LogP contribution in [0.2, 0.25) is 5.02 Å². The Labute approximate surface area is 130 Å². The second-order valence-corrected chi connectivity index (χ2v) is 6.56. The Morgan fingerprint density at radius 2 is 2.05 bits per heavy atom.